The number of carbonyl (C=O) groups excluding carboxylic acids is 1. The van der Waals surface area contributed by atoms with Crippen molar-refractivity contribution in [2.45, 2.75) is 6.42 Å². The molecule has 1 heterocycles. The third kappa shape index (κ3) is 3.06. The van der Waals surface area contributed by atoms with Crippen LogP contribution in [0.5, 0.6) is 0 Å². The van der Waals surface area contributed by atoms with Crippen molar-refractivity contribution >= 4 is 5.91 Å². The number of nitrogens with zero attached hydrogens (tertiary/aromatic N) is 3. The van der Waals surface area contributed by atoms with E-state index in [4.69, 9.17) is 0 Å². The summed E-state index contributed by atoms with van der Waals surface area (Å²) >= 11 is 0. The van der Waals surface area contributed by atoms with Gasteiger partial charge in [-0.1, -0.05) is 0 Å². The van der Waals surface area contributed by atoms with Crippen molar-refractivity contribution in [2.24, 2.45) is 7.05 Å². The van der Waals surface area contributed by atoms with Crippen LogP contribution in [0.3, 0.4) is 0 Å². The molecule has 0 fully saturated rings. The SMILES string of the molecule is CNCCCN(C)C(=O)c1nccn1C. The van der Waals surface area contributed by atoms with Gasteiger partial charge in [-0.2, -0.15) is 0 Å². The van der Waals surface area contributed by atoms with Gasteiger partial charge >= 0.3 is 0 Å². The van der Waals surface area contributed by atoms with Crippen molar-refractivity contribution in [3.8, 4) is 0 Å². The maximum absolute atomic E-state index is 11.8. The molecule has 0 unspecified atom stereocenters. The average molecular weight is 210 g/mol. The molecule has 0 saturated heterocycles. The second-order valence-corrected chi connectivity index (χ2v) is 3.55. The molecule has 5 heteroatoms. The van der Waals surface area contributed by atoms with E-state index in [-0.39, 0.29) is 5.91 Å². The van der Waals surface area contributed by atoms with Gasteiger partial charge in [0, 0.05) is 33.0 Å². The molecule has 1 N–H and O–H groups in total. The molecule has 0 saturated carbocycles. The average Bonchev–Trinajstić information content (AvgIpc) is 2.63. The van der Waals surface area contributed by atoms with E-state index >= 15 is 0 Å². The summed E-state index contributed by atoms with van der Waals surface area (Å²) in [6, 6.07) is 0. The predicted octanol–water partition coefficient (Wildman–Crippen LogP) is 0.102. The van der Waals surface area contributed by atoms with Gasteiger partial charge in [-0.15, -0.1) is 0 Å². The molecule has 0 aliphatic heterocycles. The minimum atomic E-state index is -0.0291. The third-order valence-corrected chi connectivity index (χ3v) is 2.28. The molecular weight excluding hydrogens is 192 g/mol. The second-order valence-electron chi connectivity index (χ2n) is 3.55. The normalized spacial score (nSPS) is 10.3. The van der Waals surface area contributed by atoms with Crippen LogP contribution in [0.4, 0.5) is 0 Å². The number of aromatic nitrogens is 2. The van der Waals surface area contributed by atoms with Crippen molar-refractivity contribution in [2.75, 3.05) is 27.2 Å². The summed E-state index contributed by atoms with van der Waals surface area (Å²) in [5.74, 6) is 0.459. The molecule has 0 aliphatic rings. The Morgan fingerprint density at radius 1 is 1.67 bits per heavy atom. The van der Waals surface area contributed by atoms with Crippen LogP contribution >= 0.6 is 0 Å². The molecule has 0 spiro atoms. The molecule has 1 rings (SSSR count). The first-order valence-corrected chi connectivity index (χ1v) is 5.04. The Bertz CT molecular complexity index is 321. The van der Waals surface area contributed by atoms with E-state index < -0.39 is 0 Å². The molecule has 15 heavy (non-hydrogen) atoms. The molecule has 5 nitrogen and oxygen atoms in total. The molecule has 0 bridgehead atoms. The number of hydrogen-bond donors (Lipinski definition) is 1. The molecule has 84 valence electrons. The van der Waals surface area contributed by atoms with Crippen LogP contribution in [0.15, 0.2) is 12.4 Å². The van der Waals surface area contributed by atoms with Crippen molar-refractivity contribution < 1.29 is 4.79 Å². The van der Waals surface area contributed by atoms with Gasteiger partial charge in [-0.3, -0.25) is 4.79 Å². The lowest BCUT2D eigenvalue weighted by molar-refractivity contribution is 0.0778. The van der Waals surface area contributed by atoms with Crippen LogP contribution in [0, 0.1) is 0 Å². The van der Waals surface area contributed by atoms with Gasteiger partial charge in [-0.05, 0) is 20.0 Å². The lowest BCUT2D eigenvalue weighted by atomic mass is 10.3. The van der Waals surface area contributed by atoms with E-state index in [1.807, 2.05) is 14.1 Å². The largest absolute Gasteiger partial charge is 0.339 e. The van der Waals surface area contributed by atoms with E-state index in [1.165, 1.54) is 0 Å². The smallest absolute Gasteiger partial charge is 0.289 e. The molecule has 1 aromatic rings. The Kier molecular flexibility index (Phi) is 4.30. The minimum absolute atomic E-state index is 0.0291. The zero-order chi connectivity index (χ0) is 11.3. The van der Waals surface area contributed by atoms with Crippen molar-refractivity contribution in [1.29, 1.82) is 0 Å². The first-order valence-electron chi connectivity index (χ1n) is 5.04. The quantitative estimate of drug-likeness (QED) is 0.701. The fourth-order valence-electron chi connectivity index (χ4n) is 1.34. The highest BCUT2D eigenvalue weighted by Gasteiger charge is 2.14. The first kappa shape index (κ1) is 11.7. The summed E-state index contributed by atoms with van der Waals surface area (Å²) in [7, 11) is 5.52. The minimum Gasteiger partial charge on any atom is -0.339 e. The van der Waals surface area contributed by atoms with Crippen LogP contribution in [-0.4, -0.2) is 47.5 Å². The summed E-state index contributed by atoms with van der Waals surface area (Å²) in [4.78, 5) is 17.6. The molecular formula is C10H18N4O. The number of carbonyl (C=O) groups is 1. The second kappa shape index (κ2) is 5.50. The number of hydrogen-bond acceptors (Lipinski definition) is 3. The fraction of sp³-hybridized carbons (Fsp3) is 0.600. The number of imidazole rings is 1. The van der Waals surface area contributed by atoms with Gasteiger partial charge in [0.15, 0.2) is 5.82 Å². The first-order chi connectivity index (χ1) is 7.16. The van der Waals surface area contributed by atoms with Crippen LogP contribution in [0.2, 0.25) is 0 Å². The van der Waals surface area contributed by atoms with Crippen molar-refractivity contribution in [1.82, 2.24) is 19.8 Å². The lowest BCUT2D eigenvalue weighted by Gasteiger charge is -2.16. The van der Waals surface area contributed by atoms with E-state index in [0.717, 1.165) is 19.5 Å². The summed E-state index contributed by atoms with van der Waals surface area (Å²) in [5, 5.41) is 3.05. The Labute approximate surface area is 90.1 Å². The fourth-order valence-corrected chi connectivity index (χ4v) is 1.34. The standard InChI is InChI=1S/C10H18N4O/c1-11-5-4-7-14(3)10(15)9-12-6-8-13(9)2/h6,8,11H,4-5,7H2,1-3H3. The van der Waals surface area contributed by atoms with E-state index in [1.54, 1.807) is 28.9 Å². The lowest BCUT2D eigenvalue weighted by Crippen LogP contribution is -2.31. The van der Waals surface area contributed by atoms with Gasteiger partial charge in [0.05, 0.1) is 0 Å². The zero-order valence-electron chi connectivity index (χ0n) is 9.53. The molecule has 1 aromatic heterocycles. The van der Waals surface area contributed by atoms with Crippen LogP contribution < -0.4 is 5.32 Å². The van der Waals surface area contributed by atoms with Crippen LogP contribution in [0.1, 0.15) is 17.0 Å². The Hall–Kier alpha value is -1.36. The Morgan fingerprint density at radius 2 is 2.40 bits per heavy atom. The van der Waals surface area contributed by atoms with Gasteiger partial charge in [0.25, 0.3) is 5.91 Å². The summed E-state index contributed by atoms with van der Waals surface area (Å²) in [5.41, 5.74) is 0. The van der Waals surface area contributed by atoms with Gasteiger partial charge in [0.1, 0.15) is 0 Å². The highest BCUT2D eigenvalue weighted by atomic mass is 16.2. The van der Waals surface area contributed by atoms with Gasteiger partial charge in [-0.25, -0.2) is 4.98 Å². The molecule has 0 aliphatic carbocycles. The van der Waals surface area contributed by atoms with E-state index in [9.17, 15) is 4.79 Å². The van der Waals surface area contributed by atoms with Crippen molar-refractivity contribution in [3.05, 3.63) is 18.2 Å². The number of rotatable bonds is 5. The molecule has 0 radical (unpaired) electrons. The maximum atomic E-state index is 11.8. The van der Waals surface area contributed by atoms with E-state index in [0.29, 0.717) is 5.82 Å². The number of nitrogens with one attached hydrogen (secondary N) is 1. The summed E-state index contributed by atoms with van der Waals surface area (Å²) < 4.78 is 1.73. The van der Waals surface area contributed by atoms with Crippen molar-refractivity contribution in [3.63, 3.8) is 0 Å². The molecule has 0 aromatic carbocycles. The highest BCUT2D eigenvalue weighted by Crippen LogP contribution is 2.00. The topological polar surface area (TPSA) is 50.2 Å². The van der Waals surface area contributed by atoms with Crippen LogP contribution in [-0.2, 0) is 7.05 Å². The zero-order valence-corrected chi connectivity index (χ0v) is 9.53. The maximum Gasteiger partial charge on any atom is 0.289 e. The monoisotopic (exact) mass is 210 g/mol. The molecule has 1 amide bonds. The number of amides is 1. The summed E-state index contributed by atoms with van der Waals surface area (Å²) in [6.07, 6.45) is 4.35. The summed E-state index contributed by atoms with van der Waals surface area (Å²) in [6.45, 7) is 1.66. The van der Waals surface area contributed by atoms with Crippen LogP contribution in [0.25, 0.3) is 0 Å². The number of aryl methyl sites for hydroxylation is 1. The Morgan fingerprint density at radius 3 is 2.93 bits per heavy atom. The van der Waals surface area contributed by atoms with Gasteiger partial charge in [0.2, 0.25) is 0 Å². The van der Waals surface area contributed by atoms with E-state index in [2.05, 4.69) is 10.3 Å². The Balaban J connectivity index is 2.50. The highest BCUT2D eigenvalue weighted by molar-refractivity contribution is 5.90. The third-order valence-electron chi connectivity index (χ3n) is 2.28. The van der Waals surface area contributed by atoms with Gasteiger partial charge < -0.3 is 14.8 Å². The predicted molar refractivity (Wildman–Crippen MR) is 58.7 cm³/mol. The molecule has 0 atom stereocenters.